The molecule has 3 rings (SSSR count). The summed E-state index contributed by atoms with van der Waals surface area (Å²) < 4.78 is 18.6. The van der Waals surface area contributed by atoms with Crippen LogP contribution in [0.25, 0.3) is 0 Å². The van der Waals surface area contributed by atoms with Crippen LogP contribution >= 0.6 is 0 Å². The van der Waals surface area contributed by atoms with E-state index in [1.807, 2.05) is 6.92 Å². The molecule has 0 aromatic heterocycles. The molecule has 1 atom stereocenters. The van der Waals surface area contributed by atoms with E-state index in [1.54, 1.807) is 36.4 Å². The highest BCUT2D eigenvalue weighted by molar-refractivity contribution is 6.23. The fourth-order valence-electron chi connectivity index (χ4n) is 2.65. The van der Waals surface area contributed by atoms with Crippen molar-refractivity contribution >= 4 is 23.2 Å². The first-order valence-corrected chi connectivity index (χ1v) is 7.70. The number of hydrogen-bond donors (Lipinski definition) is 1. The molecule has 1 unspecified atom stereocenters. The molecule has 2 aromatic carbocycles. The fraction of sp³-hybridized carbons (Fsp3) is 0.222. The predicted molar refractivity (Wildman–Crippen MR) is 88.5 cm³/mol. The van der Waals surface area contributed by atoms with Gasteiger partial charge >= 0.3 is 0 Å². The van der Waals surface area contributed by atoms with Gasteiger partial charge in [-0.25, -0.2) is 9.29 Å². The van der Waals surface area contributed by atoms with E-state index < -0.39 is 11.9 Å². The maximum Gasteiger partial charge on any atom is 0.256 e. The van der Waals surface area contributed by atoms with Crippen molar-refractivity contribution in [3.8, 4) is 5.75 Å². The minimum absolute atomic E-state index is 0.0303. The third kappa shape index (κ3) is 3.22. The van der Waals surface area contributed by atoms with Crippen molar-refractivity contribution in [2.45, 2.75) is 19.4 Å². The number of rotatable bonds is 5. The van der Waals surface area contributed by atoms with Crippen LogP contribution in [-0.4, -0.2) is 24.5 Å². The Bertz CT molecular complexity index is 761. The second-order valence-electron chi connectivity index (χ2n) is 5.41. The van der Waals surface area contributed by atoms with Gasteiger partial charge in [-0.1, -0.05) is 6.07 Å². The van der Waals surface area contributed by atoms with E-state index in [4.69, 9.17) is 4.74 Å². The Morgan fingerprint density at radius 3 is 2.62 bits per heavy atom. The summed E-state index contributed by atoms with van der Waals surface area (Å²) >= 11 is 0. The van der Waals surface area contributed by atoms with Crippen LogP contribution in [0.5, 0.6) is 5.75 Å². The van der Waals surface area contributed by atoms with Crippen molar-refractivity contribution in [3.05, 3.63) is 54.3 Å². The van der Waals surface area contributed by atoms with Crippen molar-refractivity contribution in [1.82, 2.24) is 0 Å². The minimum atomic E-state index is -0.703. The van der Waals surface area contributed by atoms with E-state index in [1.165, 1.54) is 12.1 Å². The monoisotopic (exact) mass is 328 g/mol. The molecule has 1 heterocycles. The van der Waals surface area contributed by atoms with E-state index >= 15 is 0 Å². The number of benzene rings is 2. The molecule has 0 aliphatic carbocycles. The van der Waals surface area contributed by atoms with Gasteiger partial charge in [-0.2, -0.15) is 0 Å². The lowest BCUT2D eigenvalue weighted by molar-refractivity contribution is -0.121. The number of amides is 2. The molecule has 1 fully saturated rings. The quantitative estimate of drug-likeness (QED) is 0.857. The van der Waals surface area contributed by atoms with Gasteiger partial charge in [-0.15, -0.1) is 0 Å². The minimum Gasteiger partial charge on any atom is -0.494 e. The first kappa shape index (κ1) is 16.0. The van der Waals surface area contributed by atoms with E-state index in [0.29, 0.717) is 23.7 Å². The van der Waals surface area contributed by atoms with Crippen LogP contribution in [0.1, 0.15) is 13.3 Å². The first-order valence-electron chi connectivity index (χ1n) is 7.70. The Hall–Kier alpha value is -2.89. The highest BCUT2D eigenvalue weighted by atomic mass is 19.1. The molecule has 0 spiro atoms. The number of hydrogen-bond acceptors (Lipinski definition) is 4. The second kappa shape index (κ2) is 6.70. The molecule has 1 saturated heterocycles. The molecule has 0 saturated carbocycles. The van der Waals surface area contributed by atoms with Gasteiger partial charge in [0.15, 0.2) is 0 Å². The Morgan fingerprint density at radius 2 is 1.96 bits per heavy atom. The van der Waals surface area contributed by atoms with E-state index in [2.05, 4.69) is 5.32 Å². The van der Waals surface area contributed by atoms with Crippen LogP contribution in [-0.2, 0) is 9.59 Å². The Morgan fingerprint density at radius 1 is 1.21 bits per heavy atom. The molecule has 1 N–H and O–H groups in total. The molecule has 2 aromatic rings. The summed E-state index contributed by atoms with van der Waals surface area (Å²) in [5.41, 5.74) is 0.965. The Balaban J connectivity index is 1.76. The normalized spacial score (nSPS) is 17.2. The third-order valence-corrected chi connectivity index (χ3v) is 3.72. The number of halogens is 1. The van der Waals surface area contributed by atoms with Crippen LogP contribution < -0.4 is 15.0 Å². The highest BCUT2D eigenvalue weighted by Gasteiger charge is 2.39. The summed E-state index contributed by atoms with van der Waals surface area (Å²) in [7, 11) is 0. The summed E-state index contributed by atoms with van der Waals surface area (Å²) in [6.07, 6.45) is 0.0303. The molecule has 124 valence electrons. The lowest BCUT2D eigenvalue weighted by atomic mass is 10.2. The zero-order valence-electron chi connectivity index (χ0n) is 13.2. The molecule has 24 heavy (non-hydrogen) atoms. The van der Waals surface area contributed by atoms with Crippen LogP contribution in [0, 0.1) is 5.82 Å². The van der Waals surface area contributed by atoms with Crippen molar-refractivity contribution in [3.63, 3.8) is 0 Å². The van der Waals surface area contributed by atoms with Gasteiger partial charge in [-0.05, 0) is 49.4 Å². The number of anilines is 2. The summed E-state index contributed by atoms with van der Waals surface area (Å²) in [5.74, 6) is -0.374. The molecule has 1 aliphatic heterocycles. The molecule has 6 heteroatoms. The second-order valence-corrected chi connectivity index (χ2v) is 5.41. The van der Waals surface area contributed by atoms with Gasteiger partial charge in [0.2, 0.25) is 5.91 Å². The average molecular weight is 328 g/mol. The number of nitrogens with zero attached hydrogens (tertiary/aromatic N) is 1. The van der Waals surface area contributed by atoms with E-state index in [0.717, 1.165) is 4.90 Å². The van der Waals surface area contributed by atoms with Crippen LogP contribution in [0.4, 0.5) is 15.8 Å². The number of carbonyl (C=O) groups excluding carboxylic acids is 2. The van der Waals surface area contributed by atoms with Gasteiger partial charge in [0.25, 0.3) is 5.91 Å². The van der Waals surface area contributed by atoms with Crippen LogP contribution in [0.15, 0.2) is 48.5 Å². The molecule has 0 radical (unpaired) electrons. The Labute approximate surface area is 139 Å². The largest absolute Gasteiger partial charge is 0.494 e. The molecule has 0 bridgehead atoms. The third-order valence-electron chi connectivity index (χ3n) is 3.72. The highest BCUT2D eigenvalue weighted by Crippen LogP contribution is 2.26. The molecule has 1 aliphatic rings. The summed E-state index contributed by atoms with van der Waals surface area (Å²) in [6, 6.07) is 11.9. The van der Waals surface area contributed by atoms with Gasteiger partial charge in [0.1, 0.15) is 17.6 Å². The topological polar surface area (TPSA) is 58.6 Å². The zero-order chi connectivity index (χ0) is 17.1. The number of ether oxygens (including phenoxy) is 1. The van der Waals surface area contributed by atoms with Crippen molar-refractivity contribution in [2.24, 2.45) is 0 Å². The van der Waals surface area contributed by atoms with Crippen LogP contribution in [0.3, 0.4) is 0 Å². The van der Waals surface area contributed by atoms with Gasteiger partial charge in [0.05, 0.1) is 18.7 Å². The van der Waals surface area contributed by atoms with Crippen molar-refractivity contribution in [1.29, 1.82) is 0 Å². The maximum atomic E-state index is 13.2. The summed E-state index contributed by atoms with van der Waals surface area (Å²) in [5, 5.41) is 2.92. The first-order chi connectivity index (χ1) is 11.6. The van der Waals surface area contributed by atoms with Gasteiger partial charge < -0.3 is 10.1 Å². The molecular formula is C18H17FN2O3. The van der Waals surface area contributed by atoms with Gasteiger partial charge in [-0.3, -0.25) is 9.59 Å². The number of nitrogens with one attached hydrogen (secondary N) is 1. The van der Waals surface area contributed by atoms with Gasteiger partial charge in [0, 0.05) is 5.69 Å². The predicted octanol–water partition coefficient (Wildman–Crippen LogP) is 2.97. The SMILES string of the molecule is CCOc1ccc(N2C(=O)CC(Nc3cccc(F)c3)C2=O)cc1. The Kier molecular flexibility index (Phi) is 4.46. The standard InChI is InChI=1S/C18H17FN2O3/c1-2-24-15-8-6-14(7-9-15)21-17(22)11-16(18(21)23)20-13-5-3-4-12(19)10-13/h3-10,16,20H,2,11H2,1H3. The van der Waals surface area contributed by atoms with Crippen molar-refractivity contribution in [2.75, 3.05) is 16.8 Å². The lowest BCUT2D eigenvalue weighted by Gasteiger charge is -2.16. The zero-order valence-corrected chi connectivity index (χ0v) is 13.2. The summed E-state index contributed by atoms with van der Waals surface area (Å²) in [4.78, 5) is 25.9. The molecule has 2 amide bonds. The number of imide groups is 1. The smallest absolute Gasteiger partial charge is 0.256 e. The maximum absolute atomic E-state index is 13.2. The molecular weight excluding hydrogens is 311 g/mol. The van der Waals surface area contributed by atoms with Crippen molar-refractivity contribution < 1.29 is 18.7 Å². The lowest BCUT2D eigenvalue weighted by Crippen LogP contribution is -2.34. The average Bonchev–Trinajstić information content (AvgIpc) is 2.83. The van der Waals surface area contributed by atoms with Crippen LogP contribution in [0.2, 0.25) is 0 Å². The van der Waals surface area contributed by atoms with E-state index in [9.17, 15) is 14.0 Å². The van der Waals surface area contributed by atoms with E-state index in [-0.39, 0.29) is 18.2 Å². The summed E-state index contributed by atoms with van der Waals surface area (Å²) in [6.45, 7) is 2.42. The molecule has 5 nitrogen and oxygen atoms in total. The fourth-order valence-corrected chi connectivity index (χ4v) is 2.65. The number of carbonyl (C=O) groups is 2.